The van der Waals surface area contributed by atoms with Gasteiger partial charge in [-0.05, 0) is 31.0 Å². The van der Waals surface area contributed by atoms with Crippen LogP contribution < -0.4 is 25.4 Å². The Morgan fingerprint density at radius 2 is 1.93 bits per heavy atom. The molecule has 1 aromatic rings. The monoisotopic (exact) mass is 407 g/mol. The van der Waals surface area contributed by atoms with E-state index in [1.54, 1.807) is 19.1 Å². The van der Waals surface area contributed by atoms with E-state index in [2.05, 4.69) is 16.0 Å². The molecule has 29 heavy (non-hydrogen) atoms. The van der Waals surface area contributed by atoms with E-state index in [1.807, 2.05) is 13.8 Å². The Bertz CT molecular complexity index is 752. The van der Waals surface area contributed by atoms with Crippen molar-refractivity contribution in [2.24, 2.45) is 5.92 Å². The van der Waals surface area contributed by atoms with Gasteiger partial charge in [-0.2, -0.15) is 0 Å². The molecule has 9 nitrogen and oxygen atoms in total. The molecular formula is C20H29N3O6. The Hall–Kier alpha value is -2.81. The topological polar surface area (TPSA) is 115 Å². The number of ether oxygens (including phenoxy) is 3. The van der Waals surface area contributed by atoms with Crippen molar-refractivity contribution >= 4 is 17.8 Å². The van der Waals surface area contributed by atoms with Crippen LogP contribution in [0.1, 0.15) is 31.1 Å². The summed E-state index contributed by atoms with van der Waals surface area (Å²) >= 11 is 0. The molecule has 2 amide bonds. The van der Waals surface area contributed by atoms with Crippen molar-refractivity contribution in [3.8, 4) is 11.5 Å². The number of fused-ring (bicyclic) bond motifs is 2. The van der Waals surface area contributed by atoms with Crippen LogP contribution in [0.25, 0.3) is 0 Å². The second kappa shape index (κ2) is 10.1. The number of methoxy groups -OCH3 is 2. The van der Waals surface area contributed by atoms with Gasteiger partial charge in [-0.15, -0.1) is 0 Å². The summed E-state index contributed by atoms with van der Waals surface area (Å²) in [4.78, 5) is 37.3. The second-order valence-corrected chi connectivity index (χ2v) is 7.24. The van der Waals surface area contributed by atoms with Crippen LogP contribution in [-0.2, 0) is 14.3 Å². The van der Waals surface area contributed by atoms with E-state index in [1.165, 1.54) is 20.3 Å². The minimum absolute atomic E-state index is 0.0337. The van der Waals surface area contributed by atoms with Gasteiger partial charge in [0, 0.05) is 18.2 Å². The van der Waals surface area contributed by atoms with Crippen molar-refractivity contribution in [3.63, 3.8) is 0 Å². The average Bonchev–Trinajstić information content (AvgIpc) is 2.69. The molecule has 0 radical (unpaired) electrons. The van der Waals surface area contributed by atoms with Gasteiger partial charge in [-0.3, -0.25) is 9.59 Å². The Morgan fingerprint density at radius 3 is 2.55 bits per heavy atom. The van der Waals surface area contributed by atoms with E-state index < -0.39 is 18.1 Å². The molecule has 0 saturated carbocycles. The average molecular weight is 407 g/mol. The van der Waals surface area contributed by atoms with E-state index in [9.17, 15) is 14.4 Å². The standard InChI is InChI=1S/C20H29N3O6/c1-11(2)14-9-21-10-17(24)22-12(3)18(20(26)28-5)29-16-8-13(19(25)23-14)6-7-15(16)27-4/h6-8,11-12,14,18,21H,9-10H2,1-5H3,(H,22,24)(H,23,25)/t12-,14+,18+/m0/s1. The Morgan fingerprint density at radius 1 is 1.21 bits per heavy atom. The van der Waals surface area contributed by atoms with Crippen LogP contribution in [-0.4, -0.2) is 63.3 Å². The van der Waals surface area contributed by atoms with Crippen molar-refractivity contribution in [2.75, 3.05) is 27.3 Å². The van der Waals surface area contributed by atoms with Crippen molar-refractivity contribution < 1.29 is 28.6 Å². The number of rotatable bonds is 3. The minimum atomic E-state index is -1.12. The van der Waals surface area contributed by atoms with Gasteiger partial charge in [0.2, 0.25) is 12.0 Å². The minimum Gasteiger partial charge on any atom is -0.493 e. The largest absolute Gasteiger partial charge is 0.493 e. The highest BCUT2D eigenvalue weighted by molar-refractivity contribution is 5.95. The van der Waals surface area contributed by atoms with Crippen LogP contribution in [0.3, 0.4) is 0 Å². The fraction of sp³-hybridized carbons (Fsp3) is 0.550. The number of hydrogen-bond donors (Lipinski definition) is 3. The number of nitrogens with one attached hydrogen (secondary N) is 3. The van der Waals surface area contributed by atoms with Crippen molar-refractivity contribution in [1.29, 1.82) is 0 Å². The van der Waals surface area contributed by atoms with Gasteiger partial charge in [-0.1, -0.05) is 13.8 Å². The maximum atomic E-state index is 12.8. The number of carbonyl (C=O) groups excluding carboxylic acids is 3. The van der Waals surface area contributed by atoms with Crippen molar-refractivity contribution in [3.05, 3.63) is 23.8 Å². The smallest absolute Gasteiger partial charge is 0.349 e. The third-order valence-corrected chi connectivity index (χ3v) is 4.73. The molecular weight excluding hydrogens is 378 g/mol. The van der Waals surface area contributed by atoms with Gasteiger partial charge in [0.05, 0.1) is 26.8 Å². The molecule has 1 aromatic carbocycles. The number of amides is 2. The van der Waals surface area contributed by atoms with E-state index in [0.29, 0.717) is 17.9 Å². The lowest BCUT2D eigenvalue weighted by Gasteiger charge is -2.27. The quantitative estimate of drug-likeness (QED) is 0.624. The number of benzene rings is 1. The molecule has 9 heteroatoms. The molecule has 1 heterocycles. The normalized spacial score (nSPS) is 23.3. The van der Waals surface area contributed by atoms with Gasteiger partial charge in [-0.25, -0.2) is 4.79 Å². The zero-order valence-electron chi connectivity index (χ0n) is 17.4. The number of esters is 1. The Labute approximate surface area is 170 Å². The fourth-order valence-electron chi connectivity index (χ4n) is 2.94. The molecule has 0 aliphatic carbocycles. The molecule has 160 valence electrons. The lowest BCUT2D eigenvalue weighted by Crippen LogP contribution is -2.52. The molecule has 1 aliphatic rings. The molecule has 0 aromatic heterocycles. The summed E-state index contributed by atoms with van der Waals surface area (Å²) in [5.74, 6) is -0.548. The lowest BCUT2D eigenvalue weighted by molar-refractivity contribution is -0.150. The first-order valence-electron chi connectivity index (χ1n) is 9.50. The van der Waals surface area contributed by atoms with Crippen LogP contribution in [0, 0.1) is 5.92 Å². The molecule has 3 atom stereocenters. The van der Waals surface area contributed by atoms with Crippen molar-refractivity contribution in [2.45, 2.75) is 39.0 Å². The molecule has 0 spiro atoms. The molecule has 0 fully saturated rings. The van der Waals surface area contributed by atoms with Gasteiger partial charge in [0.15, 0.2) is 11.5 Å². The summed E-state index contributed by atoms with van der Waals surface area (Å²) in [7, 11) is 2.69. The second-order valence-electron chi connectivity index (χ2n) is 7.24. The van der Waals surface area contributed by atoms with E-state index >= 15 is 0 Å². The highest BCUT2D eigenvalue weighted by Crippen LogP contribution is 2.30. The first kappa shape index (κ1) is 22.5. The van der Waals surface area contributed by atoms with Crippen LogP contribution in [0.15, 0.2) is 18.2 Å². The summed E-state index contributed by atoms with van der Waals surface area (Å²) in [5.41, 5.74) is 0.365. The van der Waals surface area contributed by atoms with E-state index in [4.69, 9.17) is 14.2 Å². The summed E-state index contributed by atoms with van der Waals surface area (Å²) in [6, 6.07) is 3.87. The fourth-order valence-corrected chi connectivity index (χ4v) is 2.94. The third kappa shape index (κ3) is 5.83. The molecule has 3 N–H and O–H groups in total. The lowest BCUT2D eigenvalue weighted by atomic mass is 10.0. The molecule has 0 saturated heterocycles. The zero-order chi connectivity index (χ0) is 21.6. The molecule has 2 bridgehead atoms. The maximum Gasteiger partial charge on any atom is 0.349 e. The molecule has 1 aliphatic heterocycles. The zero-order valence-corrected chi connectivity index (χ0v) is 17.4. The van der Waals surface area contributed by atoms with Gasteiger partial charge < -0.3 is 30.2 Å². The van der Waals surface area contributed by atoms with Crippen LogP contribution in [0.5, 0.6) is 11.5 Å². The van der Waals surface area contributed by atoms with E-state index in [-0.39, 0.29) is 36.1 Å². The van der Waals surface area contributed by atoms with E-state index in [0.717, 1.165) is 0 Å². The van der Waals surface area contributed by atoms with Crippen LogP contribution >= 0.6 is 0 Å². The number of hydrogen-bond acceptors (Lipinski definition) is 7. The molecule has 2 rings (SSSR count). The summed E-state index contributed by atoms with van der Waals surface area (Å²) < 4.78 is 16.0. The Kier molecular flexibility index (Phi) is 7.83. The summed E-state index contributed by atoms with van der Waals surface area (Å²) in [6.45, 7) is 6.07. The predicted molar refractivity (Wildman–Crippen MR) is 106 cm³/mol. The van der Waals surface area contributed by atoms with Crippen LogP contribution in [0.4, 0.5) is 0 Å². The van der Waals surface area contributed by atoms with Gasteiger partial charge in [0.1, 0.15) is 0 Å². The van der Waals surface area contributed by atoms with Gasteiger partial charge >= 0.3 is 5.97 Å². The summed E-state index contributed by atoms with van der Waals surface area (Å²) in [6.07, 6.45) is -1.12. The van der Waals surface area contributed by atoms with Crippen LogP contribution in [0.2, 0.25) is 0 Å². The van der Waals surface area contributed by atoms with Gasteiger partial charge in [0.25, 0.3) is 5.91 Å². The SMILES string of the molecule is COC(=O)[C@@H]1Oc2cc(ccc2OC)C(=O)N[C@@H](C(C)C)CNCC(=O)N[C@H]1C. The highest BCUT2D eigenvalue weighted by Gasteiger charge is 2.31. The Balaban J connectivity index is 2.45. The molecule has 0 unspecified atom stereocenters. The maximum absolute atomic E-state index is 12.8. The summed E-state index contributed by atoms with van der Waals surface area (Å²) in [5, 5.41) is 8.75. The number of carbonyl (C=O) groups is 3. The van der Waals surface area contributed by atoms with Crippen molar-refractivity contribution in [1.82, 2.24) is 16.0 Å². The first-order valence-corrected chi connectivity index (χ1v) is 9.50. The predicted octanol–water partition coefficient (Wildman–Crippen LogP) is 0.478. The third-order valence-electron chi connectivity index (χ3n) is 4.73. The highest BCUT2D eigenvalue weighted by atomic mass is 16.6. The first-order chi connectivity index (χ1) is 13.8.